The number of carbonyl (C=O) groups is 1. The highest BCUT2D eigenvalue weighted by atomic mass is 19.4. The van der Waals surface area contributed by atoms with Crippen molar-refractivity contribution in [2.45, 2.75) is 44.8 Å². The van der Waals surface area contributed by atoms with Crippen molar-refractivity contribution >= 4 is 11.8 Å². The van der Waals surface area contributed by atoms with Crippen LogP contribution in [0.1, 0.15) is 38.2 Å². The van der Waals surface area contributed by atoms with Gasteiger partial charge in [0, 0.05) is 12.2 Å². The van der Waals surface area contributed by atoms with Gasteiger partial charge in [-0.25, -0.2) is 4.98 Å². The summed E-state index contributed by atoms with van der Waals surface area (Å²) in [6, 6.07) is 1.84. The lowest BCUT2D eigenvalue weighted by molar-refractivity contribution is -0.150. The van der Waals surface area contributed by atoms with E-state index in [1.54, 1.807) is 6.92 Å². The zero-order valence-electron chi connectivity index (χ0n) is 11.6. The highest BCUT2D eigenvalue weighted by Crippen LogP contribution is 2.38. The van der Waals surface area contributed by atoms with Crippen molar-refractivity contribution in [1.29, 1.82) is 0 Å². The van der Waals surface area contributed by atoms with Crippen LogP contribution in [0.3, 0.4) is 0 Å². The van der Waals surface area contributed by atoms with E-state index in [0.29, 0.717) is 12.8 Å². The molecule has 2 atom stereocenters. The van der Waals surface area contributed by atoms with Gasteiger partial charge in [-0.15, -0.1) is 0 Å². The SMILES string of the molecule is CC1(C(=O)O)CCCCC1Nc1ccc(C(F)(F)F)cn1. The summed E-state index contributed by atoms with van der Waals surface area (Å²) in [6.45, 7) is 1.66. The minimum atomic E-state index is -4.42. The first kappa shape index (κ1) is 15.6. The number of rotatable bonds is 3. The molecule has 1 heterocycles. The Morgan fingerprint density at radius 2 is 2.14 bits per heavy atom. The van der Waals surface area contributed by atoms with Crippen LogP contribution >= 0.6 is 0 Å². The van der Waals surface area contributed by atoms with Crippen molar-refractivity contribution in [3.63, 3.8) is 0 Å². The Bertz CT molecular complexity index is 516. The predicted molar refractivity (Wildman–Crippen MR) is 70.9 cm³/mol. The summed E-state index contributed by atoms with van der Waals surface area (Å²) in [7, 11) is 0. The van der Waals surface area contributed by atoms with E-state index in [0.717, 1.165) is 25.1 Å². The summed E-state index contributed by atoms with van der Waals surface area (Å²) in [6.07, 6.45) is -0.746. The molecule has 2 N–H and O–H groups in total. The van der Waals surface area contributed by atoms with Crippen LogP contribution in [0.25, 0.3) is 0 Å². The number of hydrogen-bond donors (Lipinski definition) is 2. The molecule has 1 fully saturated rings. The maximum Gasteiger partial charge on any atom is 0.417 e. The normalized spacial score (nSPS) is 26.4. The van der Waals surface area contributed by atoms with Gasteiger partial charge in [-0.3, -0.25) is 4.79 Å². The summed E-state index contributed by atoms with van der Waals surface area (Å²) in [5, 5.41) is 12.4. The van der Waals surface area contributed by atoms with E-state index < -0.39 is 23.1 Å². The maximum atomic E-state index is 12.5. The fraction of sp³-hybridized carbons (Fsp3) is 0.571. The topological polar surface area (TPSA) is 62.2 Å². The van der Waals surface area contributed by atoms with Gasteiger partial charge in [0.2, 0.25) is 0 Å². The number of nitrogens with one attached hydrogen (secondary N) is 1. The summed E-state index contributed by atoms with van der Waals surface area (Å²) < 4.78 is 37.4. The standard InChI is InChI=1S/C14H17F3N2O2/c1-13(12(20)21)7-3-2-4-10(13)19-11-6-5-9(8-18-11)14(15,16)17/h5-6,8,10H,2-4,7H2,1H3,(H,18,19)(H,20,21). The molecule has 7 heteroatoms. The van der Waals surface area contributed by atoms with E-state index in [1.165, 1.54) is 6.07 Å². The Kier molecular flexibility index (Phi) is 4.11. The van der Waals surface area contributed by atoms with Crippen LogP contribution in [-0.2, 0) is 11.0 Å². The van der Waals surface area contributed by atoms with Crippen LogP contribution in [0.15, 0.2) is 18.3 Å². The number of aromatic nitrogens is 1. The van der Waals surface area contributed by atoms with Gasteiger partial charge in [-0.2, -0.15) is 13.2 Å². The lowest BCUT2D eigenvalue weighted by atomic mass is 9.71. The van der Waals surface area contributed by atoms with Crippen LogP contribution in [0.4, 0.5) is 19.0 Å². The maximum absolute atomic E-state index is 12.5. The fourth-order valence-corrected chi connectivity index (χ4v) is 2.65. The Balaban J connectivity index is 2.15. The molecule has 0 radical (unpaired) electrons. The van der Waals surface area contributed by atoms with E-state index in [9.17, 15) is 23.1 Å². The monoisotopic (exact) mass is 302 g/mol. The number of carboxylic acids is 1. The summed E-state index contributed by atoms with van der Waals surface area (Å²) in [5.74, 6) is -0.631. The molecule has 0 saturated heterocycles. The van der Waals surface area contributed by atoms with Crippen molar-refractivity contribution in [3.8, 4) is 0 Å². The van der Waals surface area contributed by atoms with E-state index >= 15 is 0 Å². The number of nitrogens with zero attached hydrogens (tertiary/aromatic N) is 1. The van der Waals surface area contributed by atoms with E-state index in [-0.39, 0.29) is 11.9 Å². The number of anilines is 1. The lowest BCUT2D eigenvalue weighted by Gasteiger charge is -2.38. The average Bonchev–Trinajstić information content (AvgIpc) is 2.41. The summed E-state index contributed by atoms with van der Waals surface area (Å²) in [5.41, 5.74) is -1.75. The van der Waals surface area contributed by atoms with Crippen molar-refractivity contribution in [1.82, 2.24) is 4.98 Å². The molecule has 2 rings (SSSR count). The smallest absolute Gasteiger partial charge is 0.417 e. The molecule has 116 valence electrons. The molecule has 1 aromatic rings. The minimum Gasteiger partial charge on any atom is -0.481 e. The van der Waals surface area contributed by atoms with Crippen LogP contribution in [0.5, 0.6) is 0 Å². The molecule has 1 aromatic heterocycles. The molecule has 0 bridgehead atoms. The Hall–Kier alpha value is -1.79. The van der Waals surface area contributed by atoms with Gasteiger partial charge in [0.05, 0.1) is 11.0 Å². The largest absolute Gasteiger partial charge is 0.481 e. The molecule has 1 aliphatic rings. The van der Waals surface area contributed by atoms with Crippen LogP contribution in [-0.4, -0.2) is 22.1 Å². The first-order valence-corrected chi connectivity index (χ1v) is 6.76. The van der Waals surface area contributed by atoms with Gasteiger partial charge >= 0.3 is 12.1 Å². The highest BCUT2D eigenvalue weighted by Gasteiger charge is 2.43. The number of pyridine rings is 1. The Morgan fingerprint density at radius 3 is 2.67 bits per heavy atom. The zero-order chi connectivity index (χ0) is 15.7. The number of halogens is 3. The van der Waals surface area contributed by atoms with E-state index in [4.69, 9.17) is 0 Å². The molecule has 4 nitrogen and oxygen atoms in total. The molecule has 21 heavy (non-hydrogen) atoms. The average molecular weight is 302 g/mol. The highest BCUT2D eigenvalue weighted by molar-refractivity contribution is 5.76. The third-order valence-corrected chi connectivity index (χ3v) is 4.11. The number of hydrogen-bond acceptors (Lipinski definition) is 3. The van der Waals surface area contributed by atoms with Crippen molar-refractivity contribution in [2.24, 2.45) is 5.41 Å². The molecular weight excluding hydrogens is 285 g/mol. The first-order chi connectivity index (χ1) is 9.73. The Labute approximate surface area is 120 Å². The van der Waals surface area contributed by atoms with Crippen molar-refractivity contribution in [2.75, 3.05) is 5.32 Å². The second-order valence-electron chi connectivity index (χ2n) is 5.60. The van der Waals surface area contributed by atoms with Crippen LogP contribution in [0.2, 0.25) is 0 Å². The molecule has 2 unspecified atom stereocenters. The summed E-state index contributed by atoms with van der Waals surface area (Å²) >= 11 is 0. The van der Waals surface area contributed by atoms with Gasteiger partial charge in [0.1, 0.15) is 5.82 Å². The van der Waals surface area contributed by atoms with Gasteiger partial charge in [0.25, 0.3) is 0 Å². The molecular formula is C14H17F3N2O2. The van der Waals surface area contributed by atoms with Gasteiger partial charge in [0.15, 0.2) is 0 Å². The number of carboxylic acid groups (broad SMARTS) is 1. The van der Waals surface area contributed by atoms with Gasteiger partial charge in [-0.05, 0) is 31.9 Å². The molecule has 0 aromatic carbocycles. The number of alkyl halides is 3. The first-order valence-electron chi connectivity index (χ1n) is 6.76. The molecule has 1 aliphatic carbocycles. The molecule has 0 amide bonds. The van der Waals surface area contributed by atoms with Gasteiger partial charge < -0.3 is 10.4 Å². The van der Waals surface area contributed by atoms with Crippen LogP contribution < -0.4 is 5.32 Å². The lowest BCUT2D eigenvalue weighted by Crippen LogP contribution is -2.46. The van der Waals surface area contributed by atoms with Crippen molar-refractivity contribution in [3.05, 3.63) is 23.9 Å². The Morgan fingerprint density at radius 1 is 1.43 bits per heavy atom. The van der Waals surface area contributed by atoms with E-state index in [2.05, 4.69) is 10.3 Å². The minimum absolute atomic E-state index is 0.266. The summed E-state index contributed by atoms with van der Waals surface area (Å²) in [4.78, 5) is 15.2. The fourth-order valence-electron chi connectivity index (χ4n) is 2.65. The molecule has 0 spiro atoms. The quantitative estimate of drug-likeness (QED) is 0.896. The van der Waals surface area contributed by atoms with E-state index in [1.807, 2.05) is 0 Å². The van der Waals surface area contributed by atoms with Crippen molar-refractivity contribution < 1.29 is 23.1 Å². The number of aliphatic carboxylic acids is 1. The van der Waals surface area contributed by atoms with Crippen LogP contribution in [0, 0.1) is 5.41 Å². The molecule has 1 saturated carbocycles. The van der Waals surface area contributed by atoms with Gasteiger partial charge in [-0.1, -0.05) is 12.8 Å². The third kappa shape index (κ3) is 3.28. The second-order valence-corrected chi connectivity index (χ2v) is 5.60. The zero-order valence-corrected chi connectivity index (χ0v) is 11.6. The predicted octanol–water partition coefficient (Wildman–Crippen LogP) is 3.55. The molecule has 0 aliphatic heterocycles. The second kappa shape index (κ2) is 5.54. The third-order valence-electron chi connectivity index (χ3n) is 4.11.